The fourth-order valence-corrected chi connectivity index (χ4v) is 1.91. The molecule has 5 heteroatoms. The lowest BCUT2D eigenvalue weighted by molar-refractivity contribution is -0.0711. The third-order valence-corrected chi connectivity index (χ3v) is 3.09. The molecule has 0 saturated carbocycles. The first-order valence-electron chi connectivity index (χ1n) is 7.33. The number of carbonyl (C=O) groups excluding carboxylic acids is 2. The Hall–Kier alpha value is -2.66. The Balaban J connectivity index is 1.66. The van der Waals surface area contributed by atoms with Crippen LogP contribution in [0.5, 0.6) is 0 Å². The average Bonchev–Trinajstić information content (AvgIpc) is 2.60. The monoisotopic (exact) mass is 314 g/mol. The van der Waals surface area contributed by atoms with E-state index in [0.29, 0.717) is 17.5 Å². The van der Waals surface area contributed by atoms with Crippen LogP contribution in [0.4, 0.5) is 0 Å². The molecule has 1 unspecified atom stereocenters. The van der Waals surface area contributed by atoms with Gasteiger partial charge in [0, 0.05) is 6.42 Å². The summed E-state index contributed by atoms with van der Waals surface area (Å²) in [5, 5.41) is 9.68. The molecule has 0 fully saturated rings. The lowest BCUT2D eigenvalue weighted by Crippen LogP contribution is -2.18. The summed E-state index contributed by atoms with van der Waals surface area (Å²) in [6.45, 7) is 0.147. The highest BCUT2D eigenvalue weighted by molar-refractivity contribution is 5.89. The molecular weight excluding hydrogens is 296 g/mol. The number of aliphatic hydroxyl groups is 1. The summed E-state index contributed by atoms with van der Waals surface area (Å²) < 4.78 is 9.98. The van der Waals surface area contributed by atoms with Gasteiger partial charge in [-0.05, 0) is 30.7 Å². The number of benzene rings is 2. The van der Waals surface area contributed by atoms with Gasteiger partial charge in [-0.3, -0.25) is 0 Å². The van der Waals surface area contributed by atoms with Gasteiger partial charge in [0.2, 0.25) is 6.29 Å². The number of carbonyl (C=O) groups is 2. The van der Waals surface area contributed by atoms with Gasteiger partial charge in [0.1, 0.15) is 0 Å². The van der Waals surface area contributed by atoms with E-state index in [1.54, 1.807) is 54.6 Å². The Morgan fingerprint density at radius 1 is 0.870 bits per heavy atom. The van der Waals surface area contributed by atoms with Crippen LogP contribution in [0.3, 0.4) is 0 Å². The van der Waals surface area contributed by atoms with Crippen molar-refractivity contribution in [2.24, 2.45) is 0 Å². The molecule has 0 spiro atoms. The SMILES string of the molecule is O=C(OCCCC(O)OC(=O)c1ccccc1)c1ccccc1. The highest BCUT2D eigenvalue weighted by Gasteiger charge is 2.13. The summed E-state index contributed by atoms with van der Waals surface area (Å²) in [4.78, 5) is 23.4. The second-order valence-corrected chi connectivity index (χ2v) is 4.87. The van der Waals surface area contributed by atoms with E-state index in [1.165, 1.54) is 0 Å². The van der Waals surface area contributed by atoms with Gasteiger partial charge in [-0.25, -0.2) is 9.59 Å². The summed E-state index contributed by atoms with van der Waals surface area (Å²) in [5.74, 6) is -0.999. The normalized spacial score (nSPS) is 11.5. The minimum Gasteiger partial charge on any atom is -0.462 e. The molecule has 0 aliphatic carbocycles. The molecule has 0 aliphatic rings. The zero-order chi connectivity index (χ0) is 16.5. The van der Waals surface area contributed by atoms with Crippen molar-refractivity contribution < 1.29 is 24.2 Å². The first kappa shape index (κ1) is 16.7. The molecule has 2 aromatic carbocycles. The highest BCUT2D eigenvalue weighted by Crippen LogP contribution is 2.07. The first-order chi connectivity index (χ1) is 11.2. The van der Waals surface area contributed by atoms with Crippen molar-refractivity contribution in [3.05, 3.63) is 71.8 Å². The number of hydrogen-bond acceptors (Lipinski definition) is 5. The summed E-state index contributed by atoms with van der Waals surface area (Å²) >= 11 is 0. The van der Waals surface area contributed by atoms with Crippen molar-refractivity contribution in [1.29, 1.82) is 0 Å². The van der Waals surface area contributed by atoms with Gasteiger partial charge >= 0.3 is 11.9 Å². The molecule has 23 heavy (non-hydrogen) atoms. The molecule has 0 radical (unpaired) electrons. The molecule has 0 heterocycles. The largest absolute Gasteiger partial charge is 0.462 e. The van der Waals surface area contributed by atoms with Gasteiger partial charge in [-0.15, -0.1) is 0 Å². The van der Waals surface area contributed by atoms with E-state index in [0.717, 1.165) is 0 Å². The number of hydrogen-bond donors (Lipinski definition) is 1. The number of ether oxygens (including phenoxy) is 2. The predicted molar refractivity (Wildman–Crippen MR) is 83.8 cm³/mol. The molecule has 5 nitrogen and oxygen atoms in total. The summed E-state index contributed by atoms with van der Waals surface area (Å²) in [6.07, 6.45) is -0.638. The van der Waals surface area contributed by atoms with E-state index >= 15 is 0 Å². The predicted octanol–water partition coefficient (Wildman–Crippen LogP) is 2.80. The van der Waals surface area contributed by atoms with E-state index in [9.17, 15) is 14.7 Å². The quantitative estimate of drug-likeness (QED) is 0.483. The fraction of sp³-hybridized carbons (Fsp3) is 0.222. The summed E-state index contributed by atoms with van der Waals surface area (Å²) in [7, 11) is 0. The minimum absolute atomic E-state index is 0.147. The van der Waals surface area contributed by atoms with Crippen molar-refractivity contribution >= 4 is 11.9 Å². The fourth-order valence-electron chi connectivity index (χ4n) is 1.91. The standard InChI is InChI=1S/C18H18O5/c19-16(23-18(21)15-10-5-2-6-11-15)12-7-13-22-17(20)14-8-3-1-4-9-14/h1-6,8-11,16,19H,7,12-13H2. The number of esters is 2. The topological polar surface area (TPSA) is 72.8 Å². The van der Waals surface area contributed by atoms with Crippen LogP contribution in [0.1, 0.15) is 33.6 Å². The van der Waals surface area contributed by atoms with Crippen LogP contribution < -0.4 is 0 Å². The van der Waals surface area contributed by atoms with Crippen molar-refractivity contribution in [3.63, 3.8) is 0 Å². The van der Waals surface area contributed by atoms with Crippen molar-refractivity contribution in [2.75, 3.05) is 6.61 Å². The van der Waals surface area contributed by atoms with E-state index in [1.807, 2.05) is 6.07 Å². The van der Waals surface area contributed by atoms with E-state index < -0.39 is 18.2 Å². The zero-order valence-corrected chi connectivity index (χ0v) is 12.6. The van der Waals surface area contributed by atoms with Crippen LogP contribution in [0.15, 0.2) is 60.7 Å². The van der Waals surface area contributed by atoms with Crippen molar-refractivity contribution in [2.45, 2.75) is 19.1 Å². The molecule has 120 valence electrons. The van der Waals surface area contributed by atoms with Crippen LogP contribution in [-0.2, 0) is 9.47 Å². The minimum atomic E-state index is -1.22. The molecule has 0 amide bonds. The maximum absolute atomic E-state index is 11.7. The smallest absolute Gasteiger partial charge is 0.340 e. The zero-order valence-electron chi connectivity index (χ0n) is 12.6. The molecule has 1 N–H and O–H groups in total. The molecule has 2 aromatic rings. The van der Waals surface area contributed by atoms with Gasteiger partial charge in [-0.2, -0.15) is 0 Å². The second-order valence-electron chi connectivity index (χ2n) is 4.87. The van der Waals surface area contributed by atoms with Gasteiger partial charge in [0.15, 0.2) is 0 Å². The maximum atomic E-state index is 11.7. The van der Waals surface area contributed by atoms with E-state index in [-0.39, 0.29) is 13.0 Å². The third-order valence-electron chi connectivity index (χ3n) is 3.09. The number of aliphatic hydroxyl groups excluding tert-OH is 1. The van der Waals surface area contributed by atoms with Crippen LogP contribution in [0.25, 0.3) is 0 Å². The summed E-state index contributed by atoms with van der Waals surface area (Å²) in [6, 6.07) is 17.1. The molecule has 0 bridgehead atoms. The lowest BCUT2D eigenvalue weighted by Gasteiger charge is -2.12. The second kappa shape index (κ2) is 8.70. The lowest BCUT2D eigenvalue weighted by atomic mass is 10.2. The Bertz CT molecular complexity index is 624. The van der Waals surface area contributed by atoms with Gasteiger partial charge < -0.3 is 14.6 Å². The van der Waals surface area contributed by atoms with Crippen LogP contribution in [0.2, 0.25) is 0 Å². The average molecular weight is 314 g/mol. The Kier molecular flexibility index (Phi) is 6.32. The van der Waals surface area contributed by atoms with Crippen molar-refractivity contribution in [3.8, 4) is 0 Å². The molecule has 2 rings (SSSR count). The van der Waals surface area contributed by atoms with Gasteiger partial charge in [0.05, 0.1) is 17.7 Å². The maximum Gasteiger partial charge on any atom is 0.340 e. The Labute approximate surface area is 134 Å². The first-order valence-corrected chi connectivity index (χ1v) is 7.33. The van der Waals surface area contributed by atoms with E-state index in [4.69, 9.17) is 9.47 Å². The Morgan fingerprint density at radius 2 is 1.39 bits per heavy atom. The molecule has 1 atom stereocenters. The van der Waals surface area contributed by atoms with Gasteiger partial charge in [0.25, 0.3) is 0 Å². The molecule has 0 aromatic heterocycles. The third kappa shape index (κ3) is 5.56. The molecule has 0 aliphatic heterocycles. The van der Waals surface area contributed by atoms with Crippen molar-refractivity contribution in [1.82, 2.24) is 0 Å². The molecule has 0 saturated heterocycles. The highest BCUT2D eigenvalue weighted by atomic mass is 16.6. The summed E-state index contributed by atoms with van der Waals surface area (Å²) in [5.41, 5.74) is 0.852. The van der Waals surface area contributed by atoms with Crippen LogP contribution in [-0.4, -0.2) is 29.9 Å². The van der Waals surface area contributed by atoms with Crippen LogP contribution in [0, 0.1) is 0 Å². The number of rotatable bonds is 7. The van der Waals surface area contributed by atoms with Crippen LogP contribution >= 0.6 is 0 Å². The Morgan fingerprint density at radius 3 is 1.96 bits per heavy atom. The van der Waals surface area contributed by atoms with Gasteiger partial charge in [-0.1, -0.05) is 36.4 Å². The van der Waals surface area contributed by atoms with E-state index in [2.05, 4.69) is 0 Å². The molecular formula is C18H18O5.